The highest BCUT2D eigenvalue weighted by Gasteiger charge is 2.12. The number of nitrogens with one attached hydrogen (secondary N) is 1. The fourth-order valence-electron chi connectivity index (χ4n) is 1.49. The van der Waals surface area contributed by atoms with E-state index < -0.39 is 5.97 Å². The molecule has 1 aromatic carbocycles. The molecular formula is C15H12N4O4. The molecule has 0 unspecified atom stereocenters. The molecule has 116 valence electrons. The van der Waals surface area contributed by atoms with Crippen LogP contribution in [0.15, 0.2) is 29.5 Å². The van der Waals surface area contributed by atoms with Gasteiger partial charge < -0.3 is 19.5 Å². The van der Waals surface area contributed by atoms with Crippen LogP contribution in [0, 0.1) is 34.0 Å². The molecule has 0 aliphatic carbocycles. The van der Waals surface area contributed by atoms with Gasteiger partial charge in [0.25, 0.3) is 0 Å². The Hall–Kier alpha value is -3.70. The minimum Gasteiger partial charge on any atom is -0.495 e. The lowest BCUT2D eigenvalue weighted by Gasteiger charge is -2.12. The van der Waals surface area contributed by atoms with Crippen LogP contribution in [0.4, 0.5) is 5.69 Å². The molecule has 0 spiro atoms. The lowest BCUT2D eigenvalue weighted by atomic mass is 10.2. The lowest BCUT2D eigenvalue weighted by molar-refractivity contribution is -0.142. The quantitative estimate of drug-likeness (QED) is 0.618. The van der Waals surface area contributed by atoms with E-state index in [0.717, 1.165) is 0 Å². The molecule has 0 bridgehead atoms. The SMILES string of the molecule is COC(=O)COc1ccc(OC)c(NC(C#N)=C(C#N)C#N)c1. The number of hydrogen-bond acceptors (Lipinski definition) is 8. The van der Waals surface area contributed by atoms with Crippen molar-refractivity contribution in [2.24, 2.45) is 0 Å². The number of benzene rings is 1. The van der Waals surface area contributed by atoms with Crippen LogP contribution >= 0.6 is 0 Å². The predicted molar refractivity (Wildman–Crippen MR) is 78.0 cm³/mol. The predicted octanol–water partition coefficient (Wildman–Crippen LogP) is 1.48. The first-order valence-electron chi connectivity index (χ1n) is 6.18. The lowest BCUT2D eigenvalue weighted by Crippen LogP contribution is -2.12. The van der Waals surface area contributed by atoms with Crippen molar-refractivity contribution in [3.63, 3.8) is 0 Å². The van der Waals surface area contributed by atoms with E-state index >= 15 is 0 Å². The van der Waals surface area contributed by atoms with Crippen molar-refractivity contribution >= 4 is 11.7 Å². The average molecular weight is 312 g/mol. The second-order valence-corrected chi connectivity index (χ2v) is 3.94. The first-order chi connectivity index (χ1) is 11.1. The third-order valence-corrected chi connectivity index (χ3v) is 2.60. The number of methoxy groups -OCH3 is 2. The maximum absolute atomic E-state index is 11.1. The van der Waals surface area contributed by atoms with Gasteiger partial charge in [-0.15, -0.1) is 0 Å². The zero-order valence-corrected chi connectivity index (χ0v) is 12.4. The maximum atomic E-state index is 11.1. The van der Waals surface area contributed by atoms with Gasteiger partial charge in [-0.05, 0) is 12.1 Å². The first kappa shape index (κ1) is 17.4. The molecule has 23 heavy (non-hydrogen) atoms. The zero-order valence-electron chi connectivity index (χ0n) is 12.4. The van der Waals surface area contributed by atoms with Gasteiger partial charge in [0.05, 0.1) is 19.9 Å². The van der Waals surface area contributed by atoms with Gasteiger partial charge in [-0.25, -0.2) is 4.79 Å². The summed E-state index contributed by atoms with van der Waals surface area (Å²) in [5.74, 6) is 0.119. The Morgan fingerprint density at radius 1 is 1.17 bits per heavy atom. The molecule has 0 aromatic heterocycles. The molecule has 0 saturated carbocycles. The van der Waals surface area contributed by atoms with E-state index in [4.69, 9.17) is 25.3 Å². The smallest absolute Gasteiger partial charge is 0.343 e. The van der Waals surface area contributed by atoms with Crippen LogP contribution in [0.5, 0.6) is 11.5 Å². The van der Waals surface area contributed by atoms with Gasteiger partial charge in [0, 0.05) is 6.07 Å². The van der Waals surface area contributed by atoms with E-state index in [9.17, 15) is 4.79 Å². The number of anilines is 1. The molecule has 0 radical (unpaired) electrons. The standard InChI is InChI=1S/C15H12N4O4/c1-21-14-4-3-11(23-9-15(20)22-2)5-12(14)19-13(8-18)10(6-16)7-17/h3-5,19H,9H2,1-2H3. The molecule has 0 aliphatic rings. The Morgan fingerprint density at radius 3 is 2.39 bits per heavy atom. The molecule has 0 heterocycles. The minimum atomic E-state index is -0.552. The highest BCUT2D eigenvalue weighted by atomic mass is 16.6. The van der Waals surface area contributed by atoms with E-state index in [2.05, 4.69) is 10.1 Å². The Labute approximate surface area is 132 Å². The topological polar surface area (TPSA) is 128 Å². The average Bonchev–Trinajstić information content (AvgIpc) is 2.59. The van der Waals surface area contributed by atoms with Crippen molar-refractivity contribution in [2.45, 2.75) is 0 Å². The third kappa shape index (κ3) is 4.66. The normalized spacial score (nSPS) is 8.65. The van der Waals surface area contributed by atoms with Crippen LogP contribution in [0.1, 0.15) is 0 Å². The van der Waals surface area contributed by atoms with Gasteiger partial charge in [0.15, 0.2) is 12.2 Å². The Bertz CT molecular complexity index is 734. The highest BCUT2D eigenvalue weighted by molar-refractivity contribution is 5.71. The Morgan fingerprint density at radius 2 is 1.87 bits per heavy atom. The van der Waals surface area contributed by atoms with Crippen molar-refractivity contribution in [3.8, 4) is 29.7 Å². The molecule has 0 fully saturated rings. The zero-order chi connectivity index (χ0) is 17.2. The summed E-state index contributed by atoms with van der Waals surface area (Å²) in [5.41, 5.74) is -0.289. The number of ether oxygens (including phenoxy) is 3. The summed E-state index contributed by atoms with van der Waals surface area (Å²) in [6, 6.07) is 9.54. The number of nitriles is 3. The van der Waals surface area contributed by atoms with Crippen LogP contribution in [0.2, 0.25) is 0 Å². The second kappa shape index (κ2) is 8.56. The molecular weight excluding hydrogens is 300 g/mol. The molecule has 0 atom stereocenters. The summed E-state index contributed by atoms with van der Waals surface area (Å²) in [7, 11) is 2.66. The summed E-state index contributed by atoms with van der Waals surface area (Å²) in [6.45, 7) is -0.287. The fourth-order valence-corrected chi connectivity index (χ4v) is 1.49. The van der Waals surface area contributed by atoms with E-state index in [-0.39, 0.29) is 17.9 Å². The number of esters is 1. The van der Waals surface area contributed by atoms with Crippen LogP contribution < -0.4 is 14.8 Å². The molecule has 0 aliphatic heterocycles. The minimum absolute atomic E-state index is 0.224. The number of carbonyl (C=O) groups is 1. The summed E-state index contributed by atoms with van der Waals surface area (Å²) in [5, 5.41) is 29.4. The number of hydrogen-bond donors (Lipinski definition) is 1. The summed E-state index contributed by atoms with van der Waals surface area (Å²) in [4.78, 5) is 11.1. The second-order valence-electron chi connectivity index (χ2n) is 3.94. The van der Waals surface area contributed by atoms with Gasteiger partial charge in [0.1, 0.15) is 35.4 Å². The fraction of sp³-hybridized carbons (Fsp3) is 0.200. The van der Waals surface area contributed by atoms with Crippen molar-refractivity contribution in [1.29, 1.82) is 15.8 Å². The molecule has 0 amide bonds. The third-order valence-electron chi connectivity index (χ3n) is 2.60. The number of nitrogens with zero attached hydrogens (tertiary/aromatic N) is 3. The van der Waals surface area contributed by atoms with E-state index in [1.54, 1.807) is 30.3 Å². The molecule has 1 N–H and O–H groups in total. The monoisotopic (exact) mass is 312 g/mol. The molecule has 8 heteroatoms. The van der Waals surface area contributed by atoms with E-state index in [1.807, 2.05) is 0 Å². The van der Waals surface area contributed by atoms with Crippen molar-refractivity contribution in [2.75, 3.05) is 26.1 Å². The van der Waals surface area contributed by atoms with Crippen LogP contribution in [-0.2, 0) is 9.53 Å². The van der Waals surface area contributed by atoms with Crippen LogP contribution in [0.3, 0.4) is 0 Å². The largest absolute Gasteiger partial charge is 0.495 e. The summed E-state index contributed by atoms with van der Waals surface area (Å²) >= 11 is 0. The molecule has 1 aromatic rings. The van der Waals surface area contributed by atoms with Crippen molar-refractivity contribution in [3.05, 3.63) is 29.5 Å². The molecule has 8 nitrogen and oxygen atoms in total. The molecule has 0 saturated heterocycles. The van der Waals surface area contributed by atoms with Crippen molar-refractivity contribution in [1.82, 2.24) is 0 Å². The van der Waals surface area contributed by atoms with Gasteiger partial charge in [-0.2, -0.15) is 15.8 Å². The van der Waals surface area contributed by atoms with Crippen molar-refractivity contribution < 1.29 is 19.0 Å². The van der Waals surface area contributed by atoms with Crippen LogP contribution in [-0.4, -0.2) is 26.8 Å². The van der Waals surface area contributed by atoms with Gasteiger partial charge >= 0.3 is 5.97 Å². The van der Waals surface area contributed by atoms with Crippen LogP contribution in [0.25, 0.3) is 0 Å². The van der Waals surface area contributed by atoms with Gasteiger partial charge in [-0.1, -0.05) is 0 Å². The Kier molecular flexibility index (Phi) is 6.46. The molecule has 1 rings (SSSR count). The van der Waals surface area contributed by atoms with E-state index in [1.165, 1.54) is 20.3 Å². The summed E-state index contributed by atoms with van der Waals surface area (Å²) in [6.07, 6.45) is 0. The first-order valence-corrected chi connectivity index (χ1v) is 6.18. The van der Waals surface area contributed by atoms with E-state index in [0.29, 0.717) is 17.2 Å². The maximum Gasteiger partial charge on any atom is 0.343 e. The summed E-state index contributed by atoms with van der Waals surface area (Å²) < 4.78 is 14.8. The van der Waals surface area contributed by atoms with Gasteiger partial charge in [0.2, 0.25) is 0 Å². The number of carbonyl (C=O) groups excluding carboxylic acids is 1. The number of allylic oxidation sites excluding steroid dienone is 2. The Balaban J connectivity index is 3.12. The number of rotatable bonds is 6. The highest BCUT2D eigenvalue weighted by Crippen LogP contribution is 2.30. The van der Waals surface area contributed by atoms with Gasteiger partial charge in [-0.3, -0.25) is 0 Å².